The van der Waals surface area contributed by atoms with Crippen molar-refractivity contribution in [3.63, 3.8) is 0 Å². The molecule has 2 aliphatic rings. The molecule has 1 N–H and O–H groups in total. The summed E-state index contributed by atoms with van der Waals surface area (Å²) in [5.41, 5.74) is -0.0547. The van der Waals surface area contributed by atoms with Gasteiger partial charge in [-0.05, 0) is 32.6 Å². The SMILES string of the molecule is CCCC1NC(=O)CN(C2(C)CCC2)C1=O. The molecule has 1 saturated heterocycles. The first-order valence-corrected chi connectivity index (χ1v) is 6.18. The Bertz CT molecular complexity index is 310. The van der Waals surface area contributed by atoms with Crippen molar-refractivity contribution >= 4 is 11.8 Å². The molecule has 1 unspecified atom stereocenters. The lowest BCUT2D eigenvalue weighted by Crippen LogP contribution is -2.66. The molecule has 2 fully saturated rings. The van der Waals surface area contributed by atoms with E-state index in [1.54, 1.807) is 4.90 Å². The van der Waals surface area contributed by atoms with Crippen LogP contribution in [-0.4, -0.2) is 34.8 Å². The quantitative estimate of drug-likeness (QED) is 0.779. The number of nitrogens with zero attached hydrogens (tertiary/aromatic N) is 1. The van der Waals surface area contributed by atoms with E-state index >= 15 is 0 Å². The maximum Gasteiger partial charge on any atom is 0.246 e. The van der Waals surface area contributed by atoms with E-state index in [9.17, 15) is 9.59 Å². The van der Waals surface area contributed by atoms with E-state index in [2.05, 4.69) is 12.2 Å². The molecule has 0 spiro atoms. The molecule has 1 aliphatic heterocycles. The average Bonchev–Trinajstić information content (AvgIpc) is 2.20. The first kappa shape index (κ1) is 11.4. The standard InChI is InChI=1S/C12H20N2O2/c1-3-5-9-11(16)14(8-10(15)13-9)12(2)6-4-7-12/h9H,3-8H2,1-2H3,(H,13,15). The van der Waals surface area contributed by atoms with Gasteiger partial charge >= 0.3 is 0 Å². The molecule has 1 heterocycles. The van der Waals surface area contributed by atoms with Crippen molar-refractivity contribution in [1.29, 1.82) is 0 Å². The Labute approximate surface area is 96.4 Å². The van der Waals surface area contributed by atoms with Crippen molar-refractivity contribution < 1.29 is 9.59 Å². The summed E-state index contributed by atoms with van der Waals surface area (Å²) >= 11 is 0. The summed E-state index contributed by atoms with van der Waals surface area (Å²) in [6.07, 6.45) is 4.90. The normalized spacial score (nSPS) is 28.6. The Morgan fingerprint density at radius 3 is 2.62 bits per heavy atom. The first-order valence-electron chi connectivity index (χ1n) is 6.18. The van der Waals surface area contributed by atoms with E-state index in [-0.39, 0.29) is 29.9 Å². The van der Waals surface area contributed by atoms with Crippen molar-refractivity contribution in [2.24, 2.45) is 0 Å². The van der Waals surface area contributed by atoms with Gasteiger partial charge in [-0.25, -0.2) is 0 Å². The molecule has 4 heteroatoms. The summed E-state index contributed by atoms with van der Waals surface area (Å²) in [7, 11) is 0. The maximum atomic E-state index is 12.2. The number of piperazine rings is 1. The first-order chi connectivity index (χ1) is 7.57. The zero-order valence-electron chi connectivity index (χ0n) is 10.1. The minimum absolute atomic E-state index is 0.00817. The van der Waals surface area contributed by atoms with Crippen molar-refractivity contribution in [3.05, 3.63) is 0 Å². The second kappa shape index (κ2) is 4.07. The van der Waals surface area contributed by atoms with E-state index < -0.39 is 0 Å². The Morgan fingerprint density at radius 2 is 2.12 bits per heavy atom. The van der Waals surface area contributed by atoms with Gasteiger partial charge in [0.1, 0.15) is 12.6 Å². The lowest BCUT2D eigenvalue weighted by Gasteiger charge is -2.50. The Morgan fingerprint density at radius 1 is 1.44 bits per heavy atom. The number of nitrogens with one attached hydrogen (secondary N) is 1. The summed E-state index contributed by atoms with van der Waals surface area (Å²) < 4.78 is 0. The predicted octanol–water partition coefficient (Wildman–Crippen LogP) is 1.06. The third-order valence-corrected chi connectivity index (χ3v) is 3.86. The Hall–Kier alpha value is -1.06. The Balaban J connectivity index is 2.12. The maximum absolute atomic E-state index is 12.2. The molecule has 16 heavy (non-hydrogen) atoms. The van der Waals surface area contributed by atoms with Crippen LogP contribution in [0.1, 0.15) is 46.0 Å². The van der Waals surface area contributed by atoms with Gasteiger partial charge in [0.25, 0.3) is 0 Å². The highest BCUT2D eigenvalue weighted by atomic mass is 16.2. The minimum Gasteiger partial charge on any atom is -0.343 e. The van der Waals surface area contributed by atoms with Crippen LogP contribution in [0.3, 0.4) is 0 Å². The molecule has 0 aromatic carbocycles. The zero-order valence-corrected chi connectivity index (χ0v) is 10.1. The summed E-state index contributed by atoms with van der Waals surface area (Å²) in [6.45, 7) is 4.37. The summed E-state index contributed by atoms with van der Waals surface area (Å²) in [4.78, 5) is 25.6. The monoisotopic (exact) mass is 224 g/mol. The van der Waals surface area contributed by atoms with E-state index in [1.165, 1.54) is 6.42 Å². The fraction of sp³-hybridized carbons (Fsp3) is 0.833. The molecule has 4 nitrogen and oxygen atoms in total. The van der Waals surface area contributed by atoms with Gasteiger partial charge in [0.05, 0.1) is 0 Å². The van der Waals surface area contributed by atoms with Crippen molar-refractivity contribution in [2.45, 2.75) is 57.5 Å². The van der Waals surface area contributed by atoms with Crippen LogP contribution in [0.15, 0.2) is 0 Å². The van der Waals surface area contributed by atoms with Crippen molar-refractivity contribution in [3.8, 4) is 0 Å². The van der Waals surface area contributed by atoms with Crippen LogP contribution in [0.2, 0.25) is 0 Å². The highest BCUT2D eigenvalue weighted by Crippen LogP contribution is 2.38. The third-order valence-electron chi connectivity index (χ3n) is 3.86. The number of hydrogen-bond acceptors (Lipinski definition) is 2. The zero-order chi connectivity index (χ0) is 11.8. The number of carbonyl (C=O) groups is 2. The van der Waals surface area contributed by atoms with E-state index in [1.807, 2.05) is 6.92 Å². The van der Waals surface area contributed by atoms with Crippen LogP contribution in [-0.2, 0) is 9.59 Å². The van der Waals surface area contributed by atoms with Gasteiger partial charge in [-0.3, -0.25) is 9.59 Å². The van der Waals surface area contributed by atoms with Crippen LogP contribution in [0.25, 0.3) is 0 Å². The summed E-state index contributed by atoms with van der Waals surface area (Å²) in [6, 6.07) is -0.288. The van der Waals surface area contributed by atoms with Gasteiger partial charge in [0.2, 0.25) is 11.8 Å². The molecular weight excluding hydrogens is 204 g/mol. The van der Waals surface area contributed by atoms with Gasteiger partial charge in [0, 0.05) is 5.54 Å². The average molecular weight is 224 g/mol. The van der Waals surface area contributed by atoms with E-state index in [0.717, 1.165) is 25.7 Å². The lowest BCUT2D eigenvalue weighted by atomic mass is 9.76. The molecule has 2 rings (SSSR count). The highest BCUT2D eigenvalue weighted by Gasteiger charge is 2.45. The van der Waals surface area contributed by atoms with Crippen molar-refractivity contribution in [2.75, 3.05) is 6.54 Å². The smallest absolute Gasteiger partial charge is 0.246 e. The molecule has 90 valence electrons. The van der Waals surface area contributed by atoms with Gasteiger partial charge in [0.15, 0.2) is 0 Å². The van der Waals surface area contributed by atoms with Crippen LogP contribution in [0, 0.1) is 0 Å². The molecule has 1 aliphatic carbocycles. The molecule has 1 atom stereocenters. The molecule has 0 radical (unpaired) electrons. The number of rotatable bonds is 3. The fourth-order valence-electron chi connectivity index (χ4n) is 2.61. The Kier molecular flexibility index (Phi) is 2.91. The van der Waals surface area contributed by atoms with Gasteiger partial charge in [-0.2, -0.15) is 0 Å². The van der Waals surface area contributed by atoms with E-state index in [4.69, 9.17) is 0 Å². The summed E-state index contributed by atoms with van der Waals surface area (Å²) in [5.74, 6) is 0.106. The molecule has 0 aromatic heterocycles. The van der Waals surface area contributed by atoms with Crippen LogP contribution < -0.4 is 5.32 Å². The summed E-state index contributed by atoms with van der Waals surface area (Å²) in [5, 5.41) is 2.79. The van der Waals surface area contributed by atoms with Crippen molar-refractivity contribution in [1.82, 2.24) is 10.2 Å². The molecule has 1 saturated carbocycles. The number of amides is 2. The van der Waals surface area contributed by atoms with Gasteiger partial charge in [-0.1, -0.05) is 13.3 Å². The number of carbonyl (C=O) groups excluding carboxylic acids is 2. The van der Waals surface area contributed by atoms with Gasteiger partial charge < -0.3 is 10.2 Å². The second-order valence-corrected chi connectivity index (χ2v) is 5.18. The van der Waals surface area contributed by atoms with Crippen LogP contribution >= 0.6 is 0 Å². The highest BCUT2D eigenvalue weighted by molar-refractivity contribution is 5.95. The molecule has 0 bridgehead atoms. The third kappa shape index (κ3) is 1.81. The van der Waals surface area contributed by atoms with Crippen LogP contribution in [0.4, 0.5) is 0 Å². The fourth-order valence-corrected chi connectivity index (χ4v) is 2.61. The van der Waals surface area contributed by atoms with Crippen LogP contribution in [0.5, 0.6) is 0 Å². The van der Waals surface area contributed by atoms with Gasteiger partial charge in [-0.15, -0.1) is 0 Å². The lowest BCUT2D eigenvalue weighted by molar-refractivity contribution is -0.153. The molecule has 2 amide bonds. The van der Waals surface area contributed by atoms with E-state index in [0.29, 0.717) is 0 Å². The topological polar surface area (TPSA) is 49.4 Å². The molecule has 0 aromatic rings. The molecular formula is C12H20N2O2. The predicted molar refractivity (Wildman–Crippen MR) is 60.8 cm³/mol. The minimum atomic E-state index is -0.288. The second-order valence-electron chi connectivity index (χ2n) is 5.18. The largest absolute Gasteiger partial charge is 0.343 e. The number of hydrogen-bond donors (Lipinski definition) is 1.